The highest BCUT2D eigenvalue weighted by atomic mass is 19.4. The normalized spacial score (nSPS) is 18.7. The van der Waals surface area contributed by atoms with E-state index in [1.807, 2.05) is 0 Å². The van der Waals surface area contributed by atoms with Crippen LogP contribution in [0.1, 0.15) is 49.7 Å². The molecule has 190 valence electrons. The van der Waals surface area contributed by atoms with Crippen LogP contribution in [-0.2, 0) is 0 Å². The Labute approximate surface area is 203 Å². The van der Waals surface area contributed by atoms with Gasteiger partial charge in [0.15, 0.2) is 0 Å². The molecule has 0 amide bonds. The molecule has 0 bridgehead atoms. The van der Waals surface area contributed by atoms with Crippen molar-refractivity contribution in [2.45, 2.75) is 44.7 Å². The molecule has 3 aromatic carbocycles. The number of alkyl halides is 3. The van der Waals surface area contributed by atoms with E-state index in [2.05, 4.69) is 6.92 Å². The summed E-state index contributed by atoms with van der Waals surface area (Å²) >= 11 is 0. The van der Waals surface area contributed by atoms with Gasteiger partial charge in [-0.3, -0.25) is 0 Å². The molecule has 0 aliphatic heterocycles. The van der Waals surface area contributed by atoms with Crippen molar-refractivity contribution in [1.82, 2.24) is 0 Å². The first-order chi connectivity index (χ1) is 16.9. The summed E-state index contributed by atoms with van der Waals surface area (Å²) in [7, 11) is 0. The highest BCUT2D eigenvalue weighted by Crippen LogP contribution is 2.38. The fourth-order valence-corrected chi connectivity index (χ4v) is 4.68. The van der Waals surface area contributed by atoms with Crippen molar-refractivity contribution in [3.63, 3.8) is 0 Å². The lowest BCUT2D eigenvalue weighted by Crippen LogP contribution is -2.11. The minimum Gasteiger partial charge on any atom is -0.206 e. The molecule has 0 unspecified atom stereocenters. The van der Waals surface area contributed by atoms with Crippen LogP contribution in [0, 0.1) is 35.0 Å². The number of rotatable bonds is 4. The Morgan fingerprint density at radius 3 is 1.78 bits per heavy atom. The molecule has 1 saturated carbocycles. The quantitative estimate of drug-likeness (QED) is 0.307. The third-order valence-electron chi connectivity index (χ3n) is 6.64. The monoisotopic (exact) mass is 510 g/mol. The molecule has 0 nitrogen and oxygen atoms in total. The lowest BCUT2D eigenvalue weighted by molar-refractivity contribution is -0.0790. The van der Waals surface area contributed by atoms with E-state index in [9.17, 15) is 35.1 Å². The van der Waals surface area contributed by atoms with Crippen LogP contribution in [0.4, 0.5) is 35.1 Å². The Morgan fingerprint density at radius 2 is 1.25 bits per heavy atom. The Morgan fingerprint density at radius 1 is 0.694 bits per heavy atom. The molecule has 1 aliphatic carbocycles. The molecule has 0 N–H and O–H groups in total. The third kappa shape index (κ3) is 5.63. The second kappa shape index (κ2) is 10.1. The van der Waals surface area contributed by atoms with Crippen molar-refractivity contribution in [3.8, 4) is 22.3 Å². The summed E-state index contributed by atoms with van der Waals surface area (Å²) in [5, 5.41) is 0. The Kier molecular flexibility index (Phi) is 7.25. The van der Waals surface area contributed by atoms with E-state index in [1.165, 1.54) is 12.1 Å². The van der Waals surface area contributed by atoms with Gasteiger partial charge in [-0.2, -0.15) is 13.2 Å². The van der Waals surface area contributed by atoms with E-state index in [1.54, 1.807) is 6.07 Å². The van der Waals surface area contributed by atoms with Gasteiger partial charge in [-0.1, -0.05) is 31.9 Å². The van der Waals surface area contributed by atoms with Gasteiger partial charge < -0.3 is 0 Å². The lowest BCUT2D eigenvalue weighted by atomic mass is 9.79. The Bertz CT molecular complexity index is 1250. The van der Waals surface area contributed by atoms with E-state index in [-0.39, 0.29) is 29.2 Å². The summed E-state index contributed by atoms with van der Waals surface area (Å²) in [6.45, 7) is 2.18. The predicted octanol–water partition coefficient (Wildman–Crippen LogP) is 9.59. The molecule has 36 heavy (non-hydrogen) atoms. The first-order valence-corrected chi connectivity index (χ1v) is 11.5. The Hall–Kier alpha value is -3.16. The van der Waals surface area contributed by atoms with Crippen LogP contribution in [0.3, 0.4) is 0 Å². The second-order valence-corrected chi connectivity index (χ2v) is 9.24. The molecule has 4 rings (SSSR count). The average molecular weight is 510 g/mol. The SMILES string of the molecule is CC1CCC(c2ccc(-c3cc(F)c(-c4cc(F)c(/C=C/C(F)(F)F)c(F)c4)c(F)c3)c(F)c2)CC1. The zero-order valence-electron chi connectivity index (χ0n) is 19.2. The molecule has 0 spiro atoms. The maximum absolute atomic E-state index is 14.9. The van der Waals surface area contributed by atoms with E-state index in [0.717, 1.165) is 43.4 Å². The van der Waals surface area contributed by atoms with Crippen LogP contribution in [0.15, 0.2) is 48.5 Å². The van der Waals surface area contributed by atoms with Crippen molar-refractivity contribution in [2.75, 3.05) is 0 Å². The van der Waals surface area contributed by atoms with Gasteiger partial charge in [0.05, 0.1) is 5.56 Å². The first kappa shape index (κ1) is 25.9. The van der Waals surface area contributed by atoms with E-state index >= 15 is 0 Å². The number of benzene rings is 3. The molecule has 0 radical (unpaired) electrons. The van der Waals surface area contributed by atoms with Gasteiger partial charge in [0.1, 0.15) is 29.1 Å². The van der Waals surface area contributed by atoms with Crippen molar-refractivity contribution in [2.24, 2.45) is 5.92 Å². The number of halogens is 8. The number of allylic oxidation sites excluding steroid dienone is 1. The van der Waals surface area contributed by atoms with Crippen molar-refractivity contribution >= 4 is 6.08 Å². The van der Waals surface area contributed by atoms with Gasteiger partial charge in [-0.05, 0) is 77.8 Å². The lowest BCUT2D eigenvalue weighted by Gasteiger charge is -2.26. The van der Waals surface area contributed by atoms with Gasteiger partial charge in [0.2, 0.25) is 0 Å². The summed E-state index contributed by atoms with van der Waals surface area (Å²) in [4.78, 5) is 0. The molecule has 0 saturated heterocycles. The summed E-state index contributed by atoms with van der Waals surface area (Å²) in [5.41, 5.74) is -1.62. The number of hydrogen-bond acceptors (Lipinski definition) is 0. The fourth-order valence-electron chi connectivity index (χ4n) is 4.68. The van der Waals surface area contributed by atoms with Crippen molar-refractivity contribution < 1.29 is 35.1 Å². The van der Waals surface area contributed by atoms with Gasteiger partial charge in [0, 0.05) is 17.2 Å². The average Bonchev–Trinajstić information content (AvgIpc) is 2.77. The standard InChI is InChI=1S/C28H22F8/c1-15-2-4-16(5-3-15)17-6-7-20(22(29)10-17)18-11-25(32)27(26(33)12-18)19-13-23(30)21(24(31)14-19)8-9-28(34,35)36/h6-16H,2-5H2,1H3/b9-8+. The molecule has 8 heteroatoms. The summed E-state index contributed by atoms with van der Waals surface area (Å²) < 4.78 is 110. The number of hydrogen-bond donors (Lipinski definition) is 0. The third-order valence-corrected chi connectivity index (χ3v) is 6.64. The smallest absolute Gasteiger partial charge is 0.206 e. The topological polar surface area (TPSA) is 0 Å². The maximum Gasteiger partial charge on any atom is 0.409 e. The van der Waals surface area contributed by atoms with Crippen molar-refractivity contribution in [1.29, 1.82) is 0 Å². The van der Waals surface area contributed by atoms with Crippen LogP contribution in [-0.4, -0.2) is 6.18 Å². The Balaban J connectivity index is 1.66. The summed E-state index contributed by atoms with van der Waals surface area (Å²) in [6, 6.07) is 7.36. The minimum atomic E-state index is -4.80. The first-order valence-electron chi connectivity index (χ1n) is 11.5. The van der Waals surface area contributed by atoms with Gasteiger partial charge in [-0.25, -0.2) is 22.0 Å². The predicted molar refractivity (Wildman–Crippen MR) is 123 cm³/mol. The largest absolute Gasteiger partial charge is 0.409 e. The highest BCUT2D eigenvalue weighted by molar-refractivity contribution is 5.73. The molecular formula is C28H22F8. The minimum absolute atomic E-state index is 0.0303. The van der Waals surface area contributed by atoms with Gasteiger partial charge in [0.25, 0.3) is 0 Å². The second-order valence-electron chi connectivity index (χ2n) is 9.24. The molecule has 3 aromatic rings. The maximum atomic E-state index is 14.9. The van der Waals surface area contributed by atoms with Crippen LogP contribution in [0.5, 0.6) is 0 Å². The zero-order chi connectivity index (χ0) is 26.2. The van der Waals surface area contributed by atoms with Crippen LogP contribution < -0.4 is 0 Å². The fraction of sp³-hybridized carbons (Fsp3) is 0.286. The highest BCUT2D eigenvalue weighted by Gasteiger charge is 2.24. The molecule has 1 aliphatic rings. The molecule has 0 aromatic heterocycles. The zero-order valence-corrected chi connectivity index (χ0v) is 19.2. The molecule has 0 atom stereocenters. The van der Waals surface area contributed by atoms with Crippen molar-refractivity contribution in [3.05, 3.63) is 88.8 Å². The summed E-state index contributed by atoms with van der Waals surface area (Å²) in [5.74, 6) is -5.04. The van der Waals surface area contributed by atoms with Crippen LogP contribution in [0.2, 0.25) is 0 Å². The van der Waals surface area contributed by atoms with E-state index in [4.69, 9.17) is 0 Å². The van der Waals surface area contributed by atoms with Crippen LogP contribution in [0.25, 0.3) is 28.3 Å². The van der Waals surface area contributed by atoms with E-state index < -0.39 is 52.0 Å². The van der Waals surface area contributed by atoms with E-state index in [0.29, 0.717) is 18.1 Å². The van der Waals surface area contributed by atoms with Gasteiger partial charge >= 0.3 is 6.18 Å². The molecule has 0 heterocycles. The molecule has 1 fully saturated rings. The summed E-state index contributed by atoms with van der Waals surface area (Å²) in [6.07, 6.45) is -0.970. The van der Waals surface area contributed by atoms with Crippen LogP contribution >= 0.6 is 0 Å². The molecular weight excluding hydrogens is 488 g/mol. The van der Waals surface area contributed by atoms with Gasteiger partial charge in [-0.15, -0.1) is 0 Å².